The van der Waals surface area contributed by atoms with E-state index in [1.54, 1.807) is 12.1 Å². The summed E-state index contributed by atoms with van der Waals surface area (Å²) in [6, 6.07) is 26.5. The minimum Gasteiger partial charge on any atom is -0.493 e. The Morgan fingerprint density at radius 3 is 2.45 bits per heavy atom. The third-order valence-electron chi connectivity index (χ3n) is 6.88. The minimum atomic E-state index is -0.590. The molecule has 0 aliphatic carbocycles. The van der Waals surface area contributed by atoms with Crippen molar-refractivity contribution in [2.24, 2.45) is 5.92 Å². The number of carbonyl (C=O) groups excluding carboxylic acids is 1. The molecule has 0 spiro atoms. The zero-order valence-electron chi connectivity index (χ0n) is 21.4. The molecule has 1 saturated heterocycles. The predicted molar refractivity (Wildman–Crippen MR) is 146 cm³/mol. The number of β-amino-alcohol motifs (C(OH)–C–C–N with tert-alkyl or cyclic N) is 1. The molecule has 1 fully saturated rings. The molecule has 5 rings (SSSR count). The van der Waals surface area contributed by atoms with Crippen LogP contribution in [0.5, 0.6) is 11.5 Å². The molecular weight excluding hydrogens is 480 g/mol. The second kappa shape index (κ2) is 12.6. The molecule has 2 heterocycles. The first-order valence-electron chi connectivity index (χ1n) is 13.2. The van der Waals surface area contributed by atoms with E-state index in [9.17, 15) is 9.90 Å². The summed E-state index contributed by atoms with van der Waals surface area (Å²) in [5.74, 6) is 1.78. The van der Waals surface area contributed by atoms with Gasteiger partial charge < -0.3 is 29.2 Å². The maximum absolute atomic E-state index is 12.3. The molecule has 1 aromatic heterocycles. The largest absolute Gasteiger partial charge is 0.493 e. The number of aromatic amines is 1. The van der Waals surface area contributed by atoms with Gasteiger partial charge in [0.25, 0.3) is 0 Å². The first-order chi connectivity index (χ1) is 18.6. The zero-order chi connectivity index (χ0) is 26.2. The Morgan fingerprint density at radius 2 is 1.68 bits per heavy atom. The number of aromatic nitrogens is 1. The van der Waals surface area contributed by atoms with Crippen molar-refractivity contribution in [1.82, 2.24) is 9.88 Å². The molecule has 0 bridgehead atoms. The Hall–Kier alpha value is -3.81. The highest BCUT2D eigenvalue weighted by molar-refractivity contribution is 5.89. The fourth-order valence-electron chi connectivity index (χ4n) is 4.79. The number of ether oxygens (including phenoxy) is 3. The van der Waals surface area contributed by atoms with Gasteiger partial charge in [-0.05, 0) is 74.3 Å². The zero-order valence-corrected chi connectivity index (χ0v) is 21.4. The van der Waals surface area contributed by atoms with Crippen LogP contribution >= 0.6 is 0 Å². The number of rotatable bonds is 11. The number of benzene rings is 3. The van der Waals surface area contributed by atoms with Crippen molar-refractivity contribution >= 4 is 16.9 Å². The van der Waals surface area contributed by atoms with Gasteiger partial charge in [-0.2, -0.15) is 0 Å². The summed E-state index contributed by atoms with van der Waals surface area (Å²) in [6.45, 7) is 3.54. The number of piperidine rings is 1. The number of hydrogen-bond acceptors (Lipinski definition) is 6. The monoisotopic (exact) mass is 514 g/mol. The van der Waals surface area contributed by atoms with Crippen LogP contribution in [0.2, 0.25) is 0 Å². The lowest BCUT2D eigenvalue weighted by atomic mass is 9.97. The van der Waals surface area contributed by atoms with Crippen LogP contribution in [0.25, 0.3) is 10.9 Å². The molecule has 0 saturated carbocycles. The maximum Gasteiger partial charge on any atom is 0.338 e. The predicted octanol–water partition coefficient (Wildman–Crippen LogP) is 5.06. The van der Waals surface area contributed by atoms with Crippen molar-refractivity contribution in [3.8, 4) is 11.5 Å². The van der Waals surface area contributed by atoms with Gasteiger partial charge in [0.05, 0.1) is 17.9 Å². The lowest BCUT2D eigenvalue weighted by molar-refractivity contribution is 0.0468. The minimum absolute atomic E-state index is 0.136. The van der Waals surface area contributed by atoms with Crippen LogP contribution in [-0.4, -0.2) is 59.9 Å². The molecule has 7 nitrogen and oxygen atoms in total. The Morgan fingerprint density at radius 1 is 0.947 bits per heavy atom. The van der Waals surface area contributed by atoms with E-state index in [1.807, 2.05) is 72.8 Å². The average molecular weight is 515 g/mol. The SMILES string of the molecule is O=C(OCc1cc2c(OCC(O)CN3CCC(COc4ccccc4)CC3)cccc2[nH]1)c1ccccc1. The van der Waals surface area contributed by atoms with E-state index in [0.29, 0.717) is 23.8 Å². The van der Waals surface area contributed by atoms with Crippen LogP contribution < -0.4 is 9.47 Å². The molecule has 1 unspecified atom stereocenters. The van der Waals surface area contributed by atoms with Crippen LogP contribution in [0.3, 0.4) is 0 Å². The van der Waals surface area contributed by atoms with E-state index in [2.05, 4.69) is 9.88 Å². The van der Waals surface area contributed by atoms with Gasteiger partial charge in [0.15, 0.2) is 0 Å². The van der Waals surface area contributed by atoms with Crippen LogP contribution in [0.15, 0.2) is 84.9 Å². The molecule has 7 heteroatoms. The number of fused-ring (bicyclic) bond motifs is 1. The third kappa shape index (κ3) is 6.94. The lowest BCUT2D eigenvalue weighted by Crippen LogP contribution is -2.41. The van der Waals surface area contributed by atoms with Crippen molar-refractivity contribution in [3.63, 3.8) is 0 Å². The summed E-state index contributed by atoms with van der Waals surface area (Å²) in [7, 11) is 0. The first kappa shape index (κ1) is 25.8. The standard InChI is InChI=1S/C31H34N2O5/c34-26(19-33-16-14-23(15-17-33)20-36-27-10-5-2-6-11-27)22-37-30-13-7-12-29-28(30)18-25(32-29)21-38-31(35)24-8-3-1-4-9-24/h1-13,18,23,26,32,34H,14-17,19-22H2. The summed E-state index contributed by atoms with van der Waals surface area (Å²) in [6.07, 6.45) is 1.52. The third-order valence-corrected chi connectivity index (χ3v) is 6.88. The van der Waals surface area contributed by atoms with Gasteiger partial charge in [-0.15, -0.1) is 0 Å². The van der Waals surface area contributed by atoms with E-state index >= 15 is 0 Å². The number of para-hydroxylation sites is 1. The fraction of sp³-hybridized carbons (Fsp3) is 0.323. The normalized spacial score (nSPS) is 15.3. The Bertz CT molecular complexity index is 1300. The smallest absolute Gasteiger partial charge is 0.338 e. The summed E-state index contributed by atoms with van der Waals surface area (Å²) >= 11 is 0. The summed E-state index contributed by atoms with van der Waals surface area (Å²) < 4.78 is 17.4. The molecule has 1 aliphatic rings. The van der Waals surface area contributed by atoms with Crippen molar-refractivity contribution < 1.29 is 24.1 Å². The molecular formula is C31H34N2O5. The van der Waals surface area contributed by atoms with E-state index in [-0.39, 0.29) is 19.2 Å². The topological polar surface area (TPSA) is 84.0 Å². The molecule has 4 aromatic rings. The molecule has 1 aliphatic heterocycles. The van der Waals surface area contributed by atoms with Crippen LogP contribution in [-0.2, 0) is 11.3 Å². The molecule has 3 aromatic carbocycles. The van der Waals surface area contributed by atoms with Gasteiger partial charge >= 0.3 is 5.97 Å². The number of esters is 1. The lowest BCUT2D eigenvalue weighted by Gasteiger charge is -2.33. The molecule has 38 heavy (non-hydrogen) atoms. The summed E-state index contributed by atoms with van der Waals surface area (Å²) in [5.41, 5.74) is 2.19. The second-order valence-corrected chi connectivity index (χ2v) is 9.79. The average Bonchev–Trinajstić information content (AvgIpc) is 3.39. The van der Waals surface area contributed by atoms with Gasteiger partial charge in [0, 0.05) is 17.4 Å². The molecule has 198 valence electrons. The van der Waals surface area contributed by atoms with Crippen LogP contribution in [0, 0.1) is 5.92 Å². The van der Waals surface area contributed by atoms with Gasteiger partial charge in [0.2, 0.25) is 0 Å². The number of H-pyrrole nitrogens is 1. The summed E-state index contributed by atoms with van der Waals surface area (Å²) in [4.78, 5) is 17.8. The highest BCUT2D eigenvalue weighted by Gasteiger charge is 2.22. The Labute approximate surface area is 223 Å². The van der Waals surface area contributed by atoms with E-state index in [0.717, 1.165) is 54.9 Å². The molecule has 0 amide bonds. The molecule has 0 radical (unpaired) electrons. The van der Waals surface area contributed by atoms with E-state index < -0.39 is 6.10 Å². The number of nitrogens with one attached hydrogen (secondary N) is 1. The number of likely N-dealkylation sites (tertiary alicyclic amines) is 1. The van der Waals surface area contributed by atoms with E-state index in [1.165, 1.54) is 0 Å². The van der Waals surface area contributed by atoms with Gasteiger partial charge in [0.1, 0.15) is 30.8 Å². The van der Waals surface area contributed by atoms with Crippen molar-refractivity contribution in [2.75, 3.05) is 32.8 Å². The first-order valence-corrected chi connectivity index (χ1v) is 13.2. The Kier molecular flexibility index (Phi) is 8.58. The summed E-state index contributed by atoms with van der Waals surface area (Å²) in [5, 5.41) is 11.5. The second-order valence-electron chi connectivity index (χ2n) is 9.79. The Balaban J connectivity index is 1.07. The molecule has 2 N–H and O–H groups in total. The van der Waals surface area contributed by atoms with Crippen molar-refractivity contribution in [2.45, 2.75) is 25.6 Å². The quantitative estimate of drug-likeness (QED) is 0.272. The van der Waals surface area contributed by atoms with Gasteiger partial charge in [-0.1, -0.05) is 42.5 Å². The maximum atomic E-state index is 12.3. The van der Waals surface area contributed by atoms with Gasteiger partial charge in [-0.25, -0.2) is 4.79 Å². The number of aliphatic hydroxyl groups is 1. The van der Waals surface area contributed by atoms with Gasteiger partial charge in [-0.3, -0.25) is 0 Å². The fourth-order valence-corrected chi connectivity index (χ4v) is 4.79. The number of hydrogen-bond donors (Lipinski definition) is 2. The van der Waals surface area contributed by atoms with Crippen LogP contribution in [0.1, 0.15) is 28.9 Å². The van der Waals surface area contributed by atoms with Crippen LogP contribution in [0.4, 0.5) is 0 Å². The molecule has 1 atom stereocenters. The van der Waals surface area contributed by atoms with Crippen molar-refractivity contribution in [3.05, 3.63) is 96.2 Å². The van der Waals surface area contributed by atoms with E-state index in [4.69, 9.17) is 14.2 Å². The van der Waals surface area contributed by atoms with Crippen molar-refractivity contribution in [1.29, 1.82) is 0 Å². The highest BCUT2D eigenvalue weighted by Crippen LogP contribution is 2.27. The number of aliphatic hydroxyl groups excluding tert-OH is 1. The highest BCUT2D eigenvalue weighted by atomic mass is 16.5. The number of carbonyl (C=O) groups is 1. The number of nitrogens with zero attached hydrogens (tertiary/aromatic N) is 1.